The van der Waals surface area contributed by atoms with Gasteiger partial charge in [-0.25, -0.2) is 13.0 Å². The van der Waals surface area contributed by atoms with Crippen molar-refractivity contribution in [1.82, 2.24) is 5.32 Å². The fraction of sp³-hybridized carbons (Fsp3) is 0.727. The summed E-state index contributed by atoms with van der Waals surface area (Å²) in [7, 11) is -0.825. The first-order valence-electron chi connectivity index (χ1n) is 5.65. The molecule has 6 heteroatoms. The standard InChI is InChI=1S/C11H19FN2O2S/c1-4-14-17(16)7-5-11(12,6-8-17)9(2)10(15)13-3/h2,4-8H2,1,3H3,(H,13,15). The summed E-state index contributed by atoms with van der Waals surface area (Å²) < 4.78 is 30.6. The van der Waals surface area contributed by atoms with E-state index in [2.05, 4.69) is 16.3 Å². The summed E-state index contributed by atoms with van der Waals surface area (Å²) in [6.45, 7) is 5.80. The molecule has 1 rings (SSSR count). The van der Waals surface area contributed by atoms with Gasteiger partial charge in [0.05, 0.1) is 0 Å². The van der Waals surface area contributed by atoms with E-state index in [0.717, 1.165) is 0 Å². The number of carbonyl (C=O) groups is 1. The van der Waals surface area contributed by atoms with Crippen molar-refractivity contribution in [2.24, 2.45) is 4.36 Å². The van der Waals surface area contributed by atoms with Crippen molar-refractivity contribution in [1.29, 1.82) is 0 Å². The van der Waals surface area contributed by atoms with Crippen molar-refractivity contribution in [3.05, 3.63) is 12.2 Å². The van der Waals surface area contributed by atoms with Gasteiger partial charge in [-0.3, -0.25) is 4.79 Å². The Morgan fingerprint density at radius 1 is 1.53 bits per heavy atom. The Morgan fingerprint density at radius 3 is 2.47 bits per heavy atom. The first-order valence-corrected chi connectivity index (χ1v) is 7.51. The maximum atomic E-state index is 14.5. The molecule has 0 aromatic carbocycles. The Labute approximate surface area is 102 Å². The van der Waals surface area contributed by atoms with E-state index in [-0.39, 0.29) is 29.9 Å². The Kier molecular flexibility index (Phi) is 4.30. The van der Waals surface area contributed by atoms with Crippen molar-refractivity contribution in [2.75, 3.05) is 25.1 Å². The lowest BCUT2D eigenvalue weighted by Gasteiger charge is -2.31. The number of amides is 1. The Morgan fingerprint density at radius 2 is 2.06 bits per heavy atom. The van der Waals surface area contributed by atoms with Crippen molar-refractivity contribution >= 4 is 15.6 Å². The number of nitrogens with zero attached hydrogens (tertiary/aromatic N) is 1. The van der Waals surface area contributed by atoms with Gasteiger partial charge in [0.15, 0.2) is 0 Å². The van der Waals surface area contributed by atoms with Gasteiger partial charge in [-0.1, -0.05) is 6.58 Å². The van der Waals surface area contributed by atoms with Crippen LogP contribution in [-0.4, -0.2) is 40.9 Å². The third-order valence-corrected chi connectivity index (χ3v) is 5.45. The first kappa shape index (κ1) is 14.2. The van der Waals surface area contributed by atoms with E-state index in [9.17, 15) is 13.4 Å². The molecule has 0 saturated carbocycles. The van der Waals surface area contributed by atoms with E-state index < -0.39 is 21.3 Å². The smallest absolute Gasteiger partial charge is 0.249 e. The van der Waals surface area contributed by atoms with Crippen molar-refractivity contribution in [3.8, 4) is 0 Å². The SMILES string of the molecule is C=C(C(=O)NC)C1(F)CCS(=O)(=NCC)CC1. The molecule has 0 bridgehead atoms. The molecule has 1 heterocycles. The molecule has 98 valence electrons. The molecule has 4 nitrogen and oxygen atoms in total. The molecule has 1 aliphatic rings. The second-order valence-electron chi connectivity index (χ2n) is 4.15. The fourth-order valence-corrected chi connectivity index (χ4v) is 4.11. The summed E-state index contributed by atoms with van der Waals surface area (Å²) in [5.41, 5.74) is -1.80. The van der Waals surface area contributed by atoms with E-state index in [1.807, 2.05) is 6.92 Å². The molecule has 0 atom stereocenters. The summed E-state index contributed by atoms with van der Waals surface area (Å²) in [6, 6.07) is 0. The number of alkyl halides is 1. The molecule has 1 aliphatic heterocycles. The summed E-state index contributed by atoms with van der Waals surface area (Å²) in [4.78, 5) is 11.4. The normalized spacial score (nSPS) is 32.9. The highest BCUT2D eigenvalue weighted by atomic mass is 32.2. The van der Waals surface area contributed by atoms with E-state index in [0.29, 0.717) is 6.54 Å². The fourth-order valence-electron chi connectivity index (χ4n) is 1.89. The van der Waals surface area contributed by atoms with Gasteiger partial charge < -0.3 is 5.32 Å². The lowest BCUT2D eigenvalue weighted by atomic mass is 9.90. The molecular formula is C11H19FN2O2S. The third kappa shape index (κ3) is 3.06. The monoisotopic (exact) mass is 262 g/mol. The van der Waals surface area contributed by atoms with Crippen LogP contribution in [0.2, 0.25) is 0 Å². The number of halogens is 1. The first-order chi connectivity index (χ1) is 7.87. The van der Waals surface area contributed by atoms with Crippen LogP contribution in [0, 0.1) is 0 Å². The average Bonchev–Trinajstić information content (AvgIpc) is 2.32. The maximum absolute atomic E-state index is 14.5. The van der Waals surface area contributed by atoms with Gasteiger partial charge in [-0.15, -0.1) is 0 Å². The zero-order chi connectivity index (χ0) is 13.1. The minimum atomic E-state index is -2.27. The van der Waals surface area contributed by atoms with Gasteiger partial charge in [0, 0.05) is 40.4 Å². The number of hydrogen-bond acceptors (Lipinski definition) is 3. The summed E-state index contributed by atoms with van der Waals surface area (Å²) in [5.74, 6) is -0.0888. The van der Waals surface area contributed by atoms with Crippen LogP contribution in [0.1, 0.15) is 19.8 Å². The minimum absolute atomic E-state index is 0.0571. The van der Waals surface area contributed by atoms with Crippen molar-refractivity contribution in [3.63, 3.8) is 0 Å². The van der Waals surface area contributed by atoms with Gasteiger partial charge in [-0.2, -0.15) is 0 Å². The zero-order valence-corrected chi connectivity index (χ0v) is 11.1. The molecule has 1 saturated heterocycles. The second-order valence-corrected chi connectivity index (χ2v) is 6.77. The molecule has 0 aromatic rings. The molecule has 1 N–H and O–H groups in total. The Bertz CT molecular complexity index is 425. The average molecular weight is 262 g/mol. The quantitative estimate of drug-likeness (QED) is 0.779. The van der Waals surface area contributed by atoms with Crippen molar-refractivity contribution < 1.29 is 13.4 Å². The van der Waals surface area contributed by atoms with Crippen molar-refractivity contribution in [2.45, 2.75) is 25.4 Å². The van der Waals surface area contributed by atoms with Crippen LogP contribution in [0.15, 0.2) is 16.5 Å². The number of likely N-dealkylation sites (N-methyl/N-ethyl adjacent to an activating group) is 1. The Hall–Kier alpha value is -0.910. The lowest BCUT2D eigenvalue weighted by Crippen LogP contribution is -2.41. The van der Waals surface area contributed by atoms with Crippen LogP contribution in [-0.2, 0) is 14.5 Å². The maximum Gasteiger partial charge on any atom is 0.249 e. The molecule has 1 fully saturated rings. The highest BCUT2D eigenvalue weighted by Crippen LogP contribution is 2.34. The summed E-state index contributed by atoms with van der Waals surface area (Å²) in [5, 5.41) is 2.36. The van der Waals surface area contributed by atoms with E-state index in [4.69, 9.17) is 0 Å². The minimum Gasteiger partial charge on any atom is -0.355 e. The third-order valence-electron chi connectivity index (χ3n) is 3.04. The predicted octanol–water partition coefficient (Wildman–Crippen LogP) is 1.28. The van der Waals surface area contributed by atoms with Gasteiger partial charge in [0.25, 0.3) is 0 Å². The second kappa shape index (κ2) is 5.16. The number of hydrogen-bond donors (Lipinski definition) is 1. The van der Waals surface area contributed by atoms with Crippen LogP contribution >= 0.6 is 0 Å². The highest BCUT2D eigenvalue weighted by Gasteiger charge is 2.41. The summed E-state index contributed by atoms with van der Waals surface area (Å²) in [6.07, 6.45) is 0.114. The number of carbonyl (C=O) groups excluding carboxylic acids is 1. The zero-order valence-electron chi connectivity index (χ0n) is 10.3. The molecule has 0 radical (unpaired) electrons. The van der Waals surface area contributed by atoms with Gasteiger partial charge >= 0.3 is 0 Å². The van der Waals surface area contributed by atoms with Gasteiger partial charge in [0.1, 0.15) is 5.67 Å². The molecule has 0 aliphatic carbocycles. The molecule has 17 heavy (non-hydrogen) atoms. The highest BCUT2D eigenvalue weighted by molar-refractivity contribution is 7.93. The number of nitrogens with one attached hydrogen (secondary N) is 1. The van der Waals surface area contributed by atoms with E-state index in [1.54, 1.807) is 0 Å². The van der Waals surface area contributed by atoms with Gasteiger partial charge in [-0.05, 0) is 19.8 Å². The predicted molar refractivity (Wildman–Crippen MR) is 67.1 cm³/mol. The van der Waals surface area contributed by atoms with Crippen LogP contribution in [0.25, 0.3) is 0 Å². The molecule has 0 aromatic heterocycles. The van der Waals surface area contributed by atoms with Crippen LogP contribution in [0.4, 0.5) is 4.39 Å². The van der Waals surface area contributed by atoms with Gasteiger partial charge in [0.2, 0.25) is 5.91 Å². The van der Waals surface area contributed by atoms with Crippen LogP contribution < -0.4 is 5.32 Å². The molecular weight excluding hydrogens is 243 g/mol. The molecule has 1 amide bonds. The van der Waals surface area contributed by atoms with Crippen LogP contribution in [0.3, 0.4) is 0 Å². The Balaban J connectivity index is 2.81. The summed E-state index contributed by atoms with van der Waals surface area (Å²) >= 11 is 0. The van der Waals surface area contributed by atoms with E-state index in [1.165, 1.54) is 7.05 Å². The van der Waals surface area contributed by atoms with Crippen LogP contribution in [0.5, 0.6) is 0 Å². The molecule has 0 spiro atoms. The topological polar surface area (TPSA) is 58.5 Å². The largest absolute Gasteiger partial charge is 0.355 e. The molecule has 0 unspecified atom stereocenters. The lowest BCUT2D eigenvalue weighted by molar-refractivity contribution is -0.118. The number of rotatable bonds is 3. The van der Waals surface area contributed by atoms with E-state index >= 15 is 0 Å².